The molecule has 4 nitrogen and oxygen atoms in total. The summed E-state index contributed by atoms with van der Waals surface area (Å²) in [5.41, 5.74) is -0.0792. The number of hydrogen-bond donors (Lipinski definition) is 1. The summed E-state index contributed by atoms with van der Waals surface area (Å²) in [6, 6.07) is 4.05. The molecule has 0 aliphatic heterocycles. The van der Waals surface area contributed by atoms with Gasteiger partial charge >= 0.3 is 5.97 Å². The minimum Gasteiger partial charge on any atom is -0.481 e. The molecule has 0 spiro atoms. The third-order valence-electron chi connectivity index (χ3n) is 2.47. The summed E-state index contributed by atoms with van der Waals surface area (Å²) < 4.78 is 14.1. The van der Waals surface area contributed by atoms with Crippen LogP contribution in [0.1, 0.15) is 17.3 Å². The van der Waals surface area contributed by atoms with E-state index < -0.39 is 23.6 Å². The number of carboxylic acids is 1. The molecule has 6 heteroatoms. The highest BCUT2D eigenvalue weighted by atomic mass is 79.9. The first-order chi connectivity index (χ1) is 8.32. The maximum atomic E-state index is 13.5. The van der Waals surface area contributed by atoms with Gasteiger partial charge in [-0.05, 0) is 18.2 Å². The molecule has 0 saturated carbocycles. The number of halogens is 2. The van der Waals surface area contributed by atoms with Crippen LogP contribution in [0.4, 0.5) is 4.39 Å². The van der Waals surface area contributed by atoms with E-state index in [1.807, 2.05) is 0 Å². The maximum absolute atomic E-state index is 13.5. The minimum atomic E-state index is -0.996. The first kappa shape index (κ1) is 14.6. The van der Waals surface area contributed by atoms with Gasteiger partial charge in [0.2, 0.25) is 0 Å². The quantitative estimate of drug-likeness (QED) is 0.927. The predicted octanol–water partition coefficient (Wildman–Crippen LogP) is 2.38. The molecule has 0 aliphatic carbocycles. The molecule has 0 heterocycles. The van der Waals surface area contributed by atoms with Crippen LogP contribution in [-0.2, 0) is 4.79 Å². The summed E-state index contributed by atoms with van der Waals surface area (Å²) in [5, 5.41) is 8.76. The molecule has 1 atom stereocenters. The molecule has 0 bridgehead atoms. The Bertz CT molecular complexity index is 478. The highest BCUT2D eigenvalue weighted by Crippen LogP contribution is 2.17. The number of aliphatic carboxylic acids is 1. The summed E-state index contributed by atoms with van der Waals surface area (Å²) in [6.07, 6.45) is 0. The molecule has 1 aromatic carbocycles. The van der Waals surface area contributed by atoms with E-state index in [1.165, 1.54) is 37.1 Å². The fourth-order valence-corrected chi connectivity index (χ4v) is 1.80. The highest BCUT2D eigenvalue weighted by molar-refractivity contribution is 9.10. The van der Waals surface area contributed by atoms with Gasteiger partial charge in [-0.25, -0.2) is 4.39 Å². The number of carboxylic acid groups (broad SMARTS) is 1. The smallest absolute Gasteiger partial charge is 0.308 e. The third kappa shape index (κ3) is 3.53. The molecule has 1 N–H and O–H groups in total. The third-order valence-corrected chi connectivity index (χ3v) is 2.97. The summed E-state index contributed by atoms with van der Waals surface area (Å²) in [7, 11) is 1.45. The van der Waals surface area contributed by atoms with Crippen molar-refractivity contribution in [2.75, 3.05) is 13.6 Å². The largest absolute Gasteiger partial charge is 0.481 e. The predicted molar refractivity (Wildman–Crippen MR) is 67.9 cm³/mol. The normalized spacial score (nSPS) is 12.0. The van der Waals surface area contributed by atoms with Gasteiger partial charge in [-0.1, -0.05) is 22.9 Å². The highest BCUT2D eigenvalue weighted by Gasteiger charge is 2.20. The van der Waals surface area contributed by atoms with Crippen molar-refractivity contribution in [3.63, 3.8) is 0 Å². The average Bonchev–Trinajstić information content (AvgIpc) is 2.31. The van der Waals surface area contributed by atoms with E-state index in [9.17, 15) is 14.0 Å². The Morgan fingerprint density at radius 3 is 2.67 bits per heavy atom. The van der Waals surface area contributed by atoms with E-state index in [-0.39, 0.29) is 12.1 Å². The molecule has 1 aromatic rings. The maximum Gasteiger partial charge on any atom is 0.308 e. The SMILES string of the molecule is CC(CN(C)C(=O)c1cc(Br)ccc1F)C(=O)O. The zero-order chi connectivity index (χ0) is 13.9. The van der Waals surface area contributed by atoms with E-state index in [0.29, 0.717) is 4.47 Å². The van der Waals surface area contributed by atoms with Crippen LogP contribution in [0.2, 0.25) is 0 Å². The van der Waals surface area contributed by atoms with Crippen molar-refractivity contribution in [2.45, 2.75) is 6.92 Å². The number of nitrogens with zero attached hydrogens (tertiary/aromatic N) is 1. The van der Waals surface area contributed by atoms with Crippen LogP contribution in [0, 0.1) is 11.7 Å². The van der Waals surface area contributed by atoms with Crippen LogP contribution in [0.3, 0.4) is 0 Å². The van der Waals surface area contributed by atoms with E-state index in [2.05, 4.69) is 15.9 Å². The number of carbonyl (C=O) groups excluding carboxylic acids is 1. The van der Waals surface area contributed by atoms with Crippen molar-refractivity contribution in [2.24, 2.45) is 5.92 Å². The Balaban J connectivity index is 2.86. The van der Waals surface area contributed by atoms with E-state index in [4.69, 9.17) is 5.11 Å². The number of rotatable bonds is 4. The Labute approximate surface area is 113 Å². The van der Waals surface area contributed by atoms with Crippen LogP contribution >= 0.6 is 15.9 Å². The Hall–Kier alpha value is -1.43. The second-order valence-corrected chi connectivity index (χ2v) is 4.96. The summed E-state index contributed by atoms with van der Waals surface area (Å²) in [5.74, 6) is -2.86. The van der Waals surface area contributed by atoms with Gasteiger partial charge in [-0.2, -0.15) is 0 Å². The lowest BCUT2D eigenvalue weighted by Gasteiger charge is -2.19. The molecule has 1 amide bonds. The molecule has 18 heavy (non-hydrogen) atoms. The van der Waals surface area contributed by atoms with Crippen LogP contribution in [0.5, 0.6) is 0 Å². The zero-order valence-corrected chi connectivity index (χ0v) is 11.6. The topological polar surface area (TPSA) is 57.6 Å². The van der Waals surface area contributed by atoms with E-state index in [1.54, 1.807) is 0 Å². The molecule has 0 radical (unpaired) electrons. The lowest BCUT2D eigenvalue weighted by Crippen LogP contribution is -2.34. The fraction of sp³-hybridized carbons (Fsp3) is 0.333. The van der Waals surface area contributed by atoms with E-state index >= 15 is 0 Å². The Morgan fingerprint density at radius 1 is 1.50 bits per heavy atom. The Kier molecular flexibility index (Phi) is 4.84. The van der Waals surface area contributed by atoms with Crippen molar-refractivity contribution in [1.82, 2.24) is 4.90 Å². The molecular weight excluding hydrogens is 305 g/mol. The standard InChI is InChI=1S/C12H13BrFNO3/c1-7(12(17)18)6-15(2)11(16)9-5-8(13)3-4-10(9)14/h3-5,7H,6H2,1-2H3,(H,17,18). The summed E-state index contributed by atoms with van der Waals surface area (Å²) >= 11 is 3.16. The Morgan fingerprint density at radius 2 is 2.11 bits per heavy atom. The molecule has 0 aliphatic rings. The monoisotopic (exact) mass is 317 g/mol. The fourth-order valence-electron chi connectivity index (χ4n) is 1.44. The molecule has 0 saturated heterocycles. The number of carbonyl (C=O) groups is 2. The van der Waals surface area contributed by atoms with Gasteiger partial charge in [0.1, 0.15) is 5.82 Å². The van der Waals surface area contributed by atoms with Gasteiger partial charge in [0, 0.05) is 18.1 Å². The van der Waals surface area contributed by atoms with Crippen LogP contribution in [-0.4, -0.2) is 35.5 Å². The van der Waals surface area contributed by atoms with Gasteiger partial charge in [0.15, 0.2) is 0 Å². The molecular formula is C12H13BrFNO3. The molecule has 1 unspecified atom stereocenters. The number of hydrogen-bond acceptors (Lipinski definition) is 2. The van der Waals surface area contributed by atoms with E-state index in [0.717, 1.165) is 0 Å². The second-order valence-electron chi connectivity index (χ2n) is 4.05. The second kappa shape index (κ2) is 5.95. The molecule has 0 aromatic heterocycles. The van der Waals surface area contributed by atoms with Crippen LogP contribution < -0.4 is 0 Å². The van der Waals surface area contributed by atoms with Crippen LogP contribution in [0.15, 0.2) is 22.7 Å². The first-order valence-electron chi connectivity index (χ1n) is 5.26. The number of amides is 1. The van der Waals surface area contributed by atoms with Crippen molar-refractivity contribution < 1.29 is 19.1 Å². The van der Waals surface area contributed by atoms with Crippen LogP contribution in [0.25, 0.3) is 0 Å². The van der Waals surface area contributed by atoms with Gasteiger partial charge < -0.3 is 10.0 Å². The number of benzene rings is 1. The molecule has 0 fully saturated rings. The molecule has 1 rings (SSSR count). The lowest BCUT2D eigenvalue weighted by molar-refractivity contribution is -0.141. The average molecular weight is 318 g/mol. The van der Waals surface area contributed by atoms with Crippen molar-refractivity contribution >= 4 is 27.8 Å². The summed E-state index contributed by atoms with van der Waals surface area (Å²) in [4.78, 5) is 23.8. The lowest BCUT2D eigenvalue weighted by atomic mass is 10.1. The molecule has 98 valence electrons. The first-order valence-corrected chi connectivity index (χ1v) is 6.05. The van der Waals surface area contributed by atoms with Crippen molar-refractivity contribution in [3.8, 4) is 0 Å². The van der Waals surface area contributed by atoms with Gasteiger partial charge in [0.05, 0.1) is 11.5 Å². The summed E-state index contributed by atoms with van der Waals surface area (Å²) in [6.45, 7) is 1.52. The minimum absolute atomic E-state index is 0.0279. The van der Waals surface area contributed by atoms with Gasteiger partial charge in [0.25, 0.3) is 5.91 Å². The van der Waals surface area contributed by atoms with Crippen molar-refractivity contribution in [3.05, 3.63) is 34.1 Å². The van der Waals surface area contributed by atoms with Crippen molar-refractivity contribution in [1.29, 1.82) is 0 Å². The zero-order valence-electron chi connectivity index (χ0n) is 9.98. The van der Waals surface area contributed by atoms with Gasteiger partial charge in [-0.3, -0.25) is 9.59 Å². The van der Waals surface area contributed by atoms with Gasteiger partial charge in [-0.15, -0.1) is 0 Å².